The van der Waals surface area contributed by atoms with Crippen molar-refractivity contribution in [3.63, 3.8) is 0 Å². The molecule has 1 atom stereocenters. The van der Waals surface area contributed by atoms with E-state index in [4.69, 9.17) is 11.6 Å². The Morgan fingerprint density at radius 1 is 1.35 bits per heavy atom. The minimum absolute atomic E-state index is 0.0823. The van der Waals surface area contributed by atoms with Crippen LogP contribution in [0.1, 0.15) is 6.42 Å². The van der Waals surface area contributed by atoms with Gasteiger partial charge in [0.25, 0.3) is 0 Å². The number of carbonyl (C=O) groups is 1. The lowest BCUT2D eigenvalue weighted by Gasteiger charge is -2.11. The van der Waals surface area contributed by atoms with Gasteiger partial charge < -0.3 is 5.32 Å². The summed E-state index contributed by atoms with van der Waals surface area (Å²) < 4.78 is 22.6. The van der Waals surface area contributed by atoms with Crippen LogP contribution < -0.4 is 5.32 Å². The maximum atomic E-state index is 11.6. The zero-order valence-electron chi connectivity index (χ0n) is 9.39. The van der Waals surface area contributed by atoms with Gasteiger partial charge in [-0.25, -0.2) is 8.42 Å². The fourth-order valence-corrected chi connectivity index (χ4v) is 2.74. The number of benzene rings is 1. The average Bonchev–Trinajstić information content (AvgIpc) is 2.25. The third kappa shape index (κ3) is 4.75. The van der Waals surface area contributed by atoms with Gasteiger partial charge in [-0.1, -0.05) is 18.2 Å². The standard InChI is InChI=1S/C11H14ClNO3S/c1-17(15,16)10(8-12)7-11(14)13-9-5-3-2-4-6-9/h2-6,10H,7-8H2,1H3,(H,13,14). The minimum atomic E-state index is -3.30. The zero-order valence-corrected chi connectivity index (χ0v) is 11.0. The molecular weight excluding hydrogens is 262 g/mol. The van der Waals surface area contributed by atoms with Gasteiger partial charge in [-0.15, -0.1) is 11.6 Å². The molecule has 17 heavy (non-hydrogen) atoms. The van der Waals surface area contributed by atoms with E-state index in [0.717, 1.165) is 6.26 Å². The van der Waals surface area contributed by atoms with Crippen molar-refractivity contribution in [2.45, 2.75) is 11.7 Å². The van der Waals surface area contributed by atoms with E-state index in [1.165, 1.54) is 0 Å². The SMILES string of the molecule is CS(=O)(=O)C(CCl)CC(=O)Nc1ccccc1. The van der Waals surface area contributed by atoms with E-state index in [1.54, 1.807) is 24.3 Å². The van der Waals surface area contributed by atoms with Crippen LogP contribution in [-0.2, 0) is 14.6 Å². The van der Waals surface area contributed by atoms with Gasteiger partial charge in [0, 0.05) is 24.2 Å². The van der Waals surface area contributed by atoms with Gasteiger partial charge in [-0.3, -0.25) is 4.79 Å². The van der Waals surface area contributed by atoms with Gasteiger partial charge >= 0.3 is 0 Å². The first kappa shape index (κ1) is 14.0. The van der Waals surface area contributed by atoms with Crippen LogP contribution in [0.3, 0.4) is 0 Å². The fraction of sp³-hybridized carbons (Fsp3) is 0.364. The number of amides is 1. The minimum Gasteiger partial charge on any atom is -0.326 e. The Labute approximate surface area is 106 Å². The van der Waals surface area contributed by atoms with E-state index in [-0.39, 0.29) is 18.2 Å². The van der Waals surface area contributed by atoms with Crippen LogP contribution in [0.15, 0.2) is 30.3 Å². The molecule has 1 aromatic carbocycles. The van der Waals surface area contributed by atoms with Crippen molar-refractivity contribution >= 4 is 33.0 Å². The largest absolute Gasteiger partial charge is 0.326 e. The summed E-state index contributed by atoms with van der Waals surface area (Å²) in [5, 5.41) is 1.78. The van der Waals surface area contributed by atoms with Crippen molar-refractivity contribution in [3.05, 3.63) is 30.3 Å². The number of sulfone groups is 1. The summed E-state index contributed by atoms with van der Waals surface area (Å²) >= 11 is 5.54. The van der Waals surface area contributed by atoms with E-state index in [9.17, 15) is 13.2 Å². The lowest BCUT2D eigenvalue weighted by atomic mass is 10.3. The molecule has 6 heteroatoms. The number of halogens is 1. The molecule has 94 valence electrons. The second-order valence-corrected chi connectivity index (χ2v) is 6.36. The topological polar surface area (TPSA) is 63.2 Å². The Morgan fingerprint density at radius 2 is 1.94 bits per heavy atom. The lowest BCUT2D eigenvalue weighted by Crippen LogP contribution is -2.28. The van der Waals surface area contributed by atoms with Crippen molar-refractivity contribution in [3.8, 4) is 0 Å². The first-order valence-electron chi connectivity index (χ1n) is 5.03. The molecule has 0 aliphatic rings. The monoisotopic (exact) mass is 275 g/mol. The summed E-state index contributed by atoms with van der Waals surface area (Å²) in [4.78, 5) is 11.6. The Morgan fingerprint density at radius 3 is 2.41 bits per heavy atom. The average molecular weight is 276 g/mol. The number of nitrogens with one attached hydrogen (secondary N) is 1. The van der Waals surface area contributed by atoms with Gasteiger partial charge in [-0.05, 0) is 12.1 Å². The normalized spacial score (nSPS) is 13.1. The van der Waals surface area contributed by atoms with Crippen molar-refractivity contribution in [1.82, 2.24) is 0 Å². The highest BCUT2D eigenvalue weighted by Crippen LogP contribution is 2.10. The van der Waals surface area contributed by atoms with Crippen LogP contribution in [0.5, 0.6) is 0 Å². The molecule has 0 aliphatic heterocycles. The van der Waals surface area contributed by atoms with Crippen molar-refractivity contribution in [2.75, 3.05) is 17.5 Å². The summed E-state index contributed by atoms with van der Waals surface area (Å²) in [6, 6.07) is 8.85. The first-order valence-corrected chi connectivity index (χ1v) is 7.52. The Kier molecular flexibility index (Phi) is 4.96. The smallest absolute Gasteiger partial charge is 0.225 e. The fourth-order valence-electron chi connectivity index (χ4n) is 1.26. The zero-order chi connectivity index (χ0) is 12.9. The van der Waals surface area contributed by atoms with E-state index < -0.39 is 15.1 Å². The Balaban J connectivity index is 2.61. The van der Waals surface area contributed by atoms with Crippen molar-refractivity contribution < 1.29 is 13.2 Å². The molecule has 0 spiro atoms. The number of anilines is 1. The van der Waals surface area contributed by atoms with E-state index in [2.05, 4.69) is 5.32 Å². The Hall–Kier alpha value is -1.07. The molecule has 0 fully saturated rings. The lowest BCUT2D eigenvalue weighted by molar-refractivity contribution is -0.116. The quantitative estimate of drug-likeness (QED) is 0.832. The van der Waals surface area contributed by atoms with Crippen LogP contribution in [0.2, 0.25) is 0 Å². The molecule has 0 radical (unpaired) electrons. The third-order valence-electron chi connectivity index (χ3n) is 2.25. The number of hydrogen-bond donors (Lipinski definition) is 1. The van der Waals surface area contributed by atoms with Gasteiger partial charge in [0.2, 0.25) is 5.91 Å². The van der Waals surface area contributed by atoms with Crippen LogP contribution >= 0.6 is 11.6 Å². The van der Waals surface area contributed by atoms with Gasteiger partial charge in [-0.2, -0.15) is 0 Å². The predicted octanol–water partition coefficient (Wildman–Crippen LogP) is 1.67. The molecule has 0 bridgehead atoms. The maximum absolute atomic E-state index is 11.6. The number of para-hydroxylation sites is 1. The van der Waals surface area contributed by atoms with Crippen molar-refractivity contribution in [1.29, 1.82) is 0 Å². The number of alkyl halides is 1. The number of carbonyl (C=O) groups excluding carboxylic acids is 1. The van der Waals surface area contributed by atoms with Gasteiger partial charge in [0.1, 0.15) is 0 Å². The van der Waals surface area contributed by atoms with Crippen LogP contribution in [-0.4, -0.2) is 31.7 Å². The molecule has 0 saturated carbocycles. The molecule has 0 aliphatic carbocycles. The summed E-state index contributed by atoms with van der Waals surface area (Å²) in [6.45, 7) is 0. The summed E-state index contributed by atoms with van der Waals surface area (Å²) in [6.07, 6.45) is 0.951. The number of rotatable bonds is 5. The van der Waals surface area contributed by atoms with Crippen LogP contribution in [0.4, 0.5) is 5.69 Å². The summed E-state index contributed by atoms with van der Waals surface area (Å²) in [7, 11) is -3.30. The molecule has 0 aromatic heterocycles. The highest BCUT2D eigenvalue weighted by atomic mass is 35.5. The summed E-state index contributed by atoms with van der Waals surface area (Å²) in [5.74, 6) is -0.437. The number of hydrogen-bond acceptors (Lipinski definition) is 3. The molecule has 1 unspecified atom stereocenters. The molecule has 0 heterocycles. The van der Waals surface area contributed by atoms with E-state index >= 15 is 0 Å². The molecule has 1 amide bonds. The molecular formula is C11H14ClNO3S. The Bertz CT molecular complexity index is 473. The highest BCUT2D eigenvalue weighted by Gasteiger charge is 2.22. The predicted molar refractivity (Wildman–Crippen MR) is 69.0 cm³/mol. The summed E-state index contributed by atoms with van der Waals surface area (Å²) in [5.41, 5.74) is 0.638. The first-order chi connectivity index (χ1) is 7.93. The van der Waals surface area contributed by atoms with Crippen molar-refractivity contribution in [2.24, 2.45) is 0 Å². The maximum Gasteiger partial charge on any atom is 0.225 e. The highest BCUT2D eigenvalue weighted by molar-refractivity contribution is 7.91. The van der Waals surface area contributed by atoms with E-state index in [0.29, 0.717) is 5.69 Å². The van der Waals surface area contributed by atoms with Gasteiger partial charge in [0.05, 0.1) is 5.25 Å². The van der Waals surface area contributed by atoms with Crippen LogP contribution in [0.25, 0.3) is 0 Å². The molecule has 4 nitrogen and oxygen atoms in total. The molecule has 1 N–H and O–H groups in total. The second kappa shape index (κ2) is 6.02. The third-order valence-corrected chi connectivity index (χ3v) is 4.35. The van der Waals surface area contributed by atoms with Gasteiger partial charge in [0.15, 0.2) is 9.84 Å². The second-order valence-electron chi connectivity index (χ2n) is 3.72. The molecule has 1 rings (SSSR count). The van der Waals surface area contributed by atoms with Crippen LogP contribution in [0, 0.1) is 0 Å². The molecule has 0 saturated heterocycles. The molecule has 1 aromatic rings. The van der Waals surface area contributed by atoms with E-state index in [1.807, 2.05) is 6.07 Å².